The van der Waals surface area contributed by atoms with Crippen molar-refractivity contribution in [3.8, 4) is 5.75 Å². The van der Waals surface area contributed by atoms with Gasteiger partial charge in [-0.1, -0.05) is 18.2 Å². The molecule has 126 valence electrons. The number of alkyl halides is 2. The fraction of sp³-hybridized carbons (Fsp3) is 0.471. The number of nitrogens with one attached hydrogen (secondary N) is 1. The number of allylic oxidation sites excluding steroid dienone is 1. The van der Waals surface area contributed by atoms with E-state index in [-0.39, 0.29) is 24.3 Å². The summed E-state index contributed by atoms with van der Waals surface area (Å²) in [6.45, 7) is -1.22. The maximum Gasteiger partial charge on any atom is 0.387 e. The van der Waals surface area contributed by atoms with Crippen molar-refractivity contribution < 1.29 is 23.4 Å². The number of halogens is 2. The fourth-order valence-electron chi connectivity index (χ4n) is 2.55. The van der Waals surface area contributed by atoms with E-state index < -0.39 is 6.61 Å². The highest BCUT2D eigenvalue weighted by Gasteiger charge is 2.31. The molecule has 2 rings (SSSR count). The van der Waals surface area contributed by atoms with E-state index in [0.29, 0.717) is 23.5 Å². The van der Waals surface area contributed by atoms with Crippen LogP contribution in [-0.2, 0) is 4.79 Å². The van der Waals surface area contributed by atoms with Crippen molar-refractivity contribution in [1.82, 2.24) is 5.32 Å². The standard InChI is InChI=1S/C17H21F2NO3/c1-11(13-4-2-3-5-15(13)23-17(18)19)10-16(22)20-14(8-9-21)12-6-7-12/h2-5,10,12,14,17,21H,6-9H2,1H3,(H,20,22)/b11-10-. The summed E-state index contributed by atoms with van der Waals surface area (Å²) in [5.41, 5.74) is 0.991. The molecule has 1 aliphatic carbocycles. The van der Waals surface area contributed by atoms with Crippen LogP contribution in [0.15, 0.2) is 30.3 Å². The first-order valence-corrected chi connectivity index (χ1v) is 7.65. The molecule has 1 atom stereocenters. The molecule has 1 aliphatic rings. The smallest absolute Gasteiger partial charge is 0.387 e. The van der Waals surface area contributed by atoms with Crippen molar-refractivity contribution in [2.24, 2.45) is 5.92 Å². The fourth-order valence-corrected chi connectivity index (χ4v) is 2.55. The second-order valence-electron chi connectivity index (χ2n) is 5.67. The normalized spacial score (nSPS) is 16.3. The minimum atomic E-state index is -2.92. The Morgan fingerprint density at radius 3 is 2.74 bits per heavy atom. The van der Waals surface area contributed by atoms with E-state index in [1.165, 1.54) is 12.1 Å². The van der Waals surface area contributed by atoms with Gasteiger partial charge in [0.25, 0.3) is 0 Å². The van der Waals surface area contributed by atoms with Crippen molar-refractivity contribution in [2.45, 2.75) is 38.8 Å². The SMILES string of the molecule is C/C(=C/C(=O)NC(CCO)C1CC1)c1ccccc1OC(F)F. The van der Waals surface area contributed by atoms with Crippen molar-refractivity contribution in [3.05, 3.63) is 35.9 Å². The van der Waals surface area contributed by atoms with Crippen molar-refractivity contribution in [3.63, 3.8) is 0 Å². The first kappa shape index (κ1) is 17.4. The zero-order chi connectivity index (χ0) is 16.8. The number of benzene rings is 1. The summed E-state index contributed by atoms with van der Waals surface area (Å²) in [7, 11) is 0. The van der Waals surface area contributed by atoms with E-state index in [4.69, 9.17) is 5.11 Å². The molecule has 0 heterocycles. The third-order valence-corrected chi connectivity index (χ3v) is 3.83. The number of carbonyl (C=O) groups excluding carboxylic acids is 1. The van der Waals surface area contributed by atoms with Crippen LogP contribution in [0.4, 0.5) is 8.78 Å². The topological polar surface area (TPSA) is 58.6 Å². The lowest BCUT2D eigenvalue weighted by Gasteiger charge is -2.16. The van der Waals surface area contributed by atoms with Gasteiger partial charge in [0.1, 0.15) is 5.75 Å². The molecule has 0 aliphatic heterocycles. The number of hydrogen-bond donors (Lipinski definition) is 2. The molecule has 2 N–H and O–H groups in total. The molecule has 4 nitrogen and oxygen atoms in total. The Morgan fingerprint density at radius 1 is 1.43 bits per heavy atom. The molecule has 1 aromatic carbocycles. The molecular formula is C17H21F2NO3. The lowest BCUT2D eigenvalue weighted by Crippen LogP contribution is -2.36. The van der Waals surface area contributed by atoms with E-state index in [0.717, 1.165) is 12.8 Å². The highest BCUT2D eigenvalue weighted by atomic mass is 19.3. The average molecular weight is 325 g/mol. The number of hydrogen-bond acceptors (Lipinski definition) is 3. The molecule has 0 spiro atoms. The van der Waals surface area contributed by atoms with Crippen LogP contribution in [0.2, 0.25) is 0 Å². The molecule has 1 amide bonds. The van der Waals surface area contributed by atoms with Crippen LogP contribution in [-0.4, -0.2) is 30.3 Å². The lowest BCUT2D eigenvalue weighted by atomic mass is 10.1. The quantitative estimate of drug-likeness (QED) is 0.723. The van der Waals surface area contributed by atoms with Crippen LogP contribution in [0.1, 0.15) is 31.7 Å². The second-order valence-corrected chi connectivity index (χ2v) is 5.67. The highest BCUT2D eigenvalue weighted by molar-refractivity contribution is 5.95. The van der Waals surface area contributed by atoms with E-state index in [9.17, 15) is 13.6 Å². The van der Waals surface area contributed by atoms with Gasteiger partial charge in [-0.15, -0.1) is 0 Å². The second kappa shape index (κ2) is 8.06. The number of aliphatic hydroxyl groups excluding tert-OH is 1. The van der Waals surface area contributed by atoms with Gasteiger partial charge in [-0.3, -0.25) is 4.79 Å². The molecular weight excluding hydrogens is 304 g/mol. The van der Waals surface area contributed by atoms with Gasteiger partial charge in [-0.25, -0.2) is 0 Å². The largest absolute Gasteiger partial charge is 0.434 e. The van der Waals surface area contributed by atoms with Crippen LogP contribution in [0.25, 0.3) is 5.57 Å². The molecule has 0 saturated heterocycles. The molecule has 0 aromatic heterocycles. The Bertz CT molecular complexity index is 571. The zero-order valence-electron chi connectivity index (χ0n) is 13.0. The van der Waals surface area contributed by atoms with Gasteiger partial charge in [0.2, 0.25) is 5.91 Å². The first-order valence-electron chi connectivity index (χ1n) is 7.65. The number of carbonyl (C=O) groups is 1. The summed E-state index contributed by atoms with van der Waals surface area (Å²) in [6.07, 6.45) is 4.01. The maximum atomic E-state index is 12.4. The monoisotopic (exact) mass is 325 g/mol. The van der Waals surface area contributed by atoms with Crippen molar-refractivity contribution in [2.75, 3.05) is 6.61 Å². The van der Waals surface area contributed by atoms with Gasteiger partial charge in [0.05, 0.1) is 0 Å². The van der Waals surface area contributed by atoms with E-state index in [1.807, 2.05) is 0 Å². The summed E-state index contributed by atoms with van der Waals surface area (Å²) < 4.78 is 29.3. The molecule has 1 saturated carbocycles. The summed E-state index contributed by atoms with van der Waals surface area (Å²) in [5.74, 6) is 0.173. The van der Waals surface area contributed by atoms with Gasteiger partial charge in [-0.05, 0) is 43.7 Å². The molecule has 23 heavy (non-hydrogen) atoms. The Morgan fingerprint density at radius 2 is 2.13 bits per heavy atom. The molecule has 0 bridgehead atoms. The molecule has 1 unspecified atom stereocenters. The molecule has 1 fully saturated rings. The Balaban J connectivity index is 2.07. The van der Waals surface area contributed by atoms with E-state index >= 15 is 0 Å². The third-order valence-electron chi connectivity index (χ3n) is 3.83. The van der Waals surface area contributed by atoms with Crippen LogP contribution >= 0.6 is 0 Å². The highest BCUT2D eigenvalue weighted by Crippen LogP contribution is 2.34. The predicted octanol–water partition coefficient (Wildman–Crippen LogP) is 2.97. The summed E-state index contributed by atoms with van der Waals surface area (Å²) in [4.78, 5) is 12.1. The summed E-state index contributed by atoms with van der Waals surface area (Å²) in [6, 6.07) is 6.32. The van der Waals surface area contributed by atoms with E-state index in [2.05, 4.69) is 10.1 Å². The molecule has 1 aromatic rings. The number of para-hydroxylation sites is 1. The number of amides is 1. The van der Waals surface area contributed by atoms with Crippen molar-refractivity contribution in [1.29, 1.82) is 0 Å². The maximum absolute atomic E-state index is 12.4. The molecule has 6 heteroatoms. The van der Waals surface area contributed by atoms with Gasteiger partial charge in [0.15, 0.2) is 0 Å². The Labute approximate surface area is 134 Å². The zero-order valence-corrected chi connectivity index (χ0v) is 13.0. The van der Waals surface area contributed by atoms with Crippen LogP contribution in [0.5, 0.6) is 5.75 Å². The van der Waals surface area contributed by atoms with Crippen LogP contribution < -0.4 is 10.1 Å². The Hall–Kier alpha value is -1.95. The molecule has 0 radical (unpaired) electrons. The van der Waals surface area contributed by atoms with Gasteiger partial charge in [0, 0.05) is 24.3 Å². The minimum absolute atomic E-state index is 0.0230. The number of aliphatic hydroxyl groups is 1. The summed E-state index contributed by atoms with van der Waals surface area (Å²) in [5, 5.41) is 11.9. The Kier molecular flexibility index (Phi) is 6.10. The lowest BCUT2D eigenvalue weighted by molar-refractivity contribution is -0.117. The van der Waals surface area contributed by atoms with E-state index in [1.54, 1.807) is 25.1 Å². The van der Waals surface area contributed by atoms with Crippen LogP contribution in [0.3, 0.4) is 0 Å². The van der Waals surface area contributed by atoms with Gasteiger partial charge in [-0.2, -0.15) is 8.78 Å². The third kappa shape index (κ3) is 5.32. The van der Waals surface area contributed by atoms with Crippen LogP contribution in [0, 0.1) is 5.92 Å². The first-order chi connectivity index (χ1) is 11.0. The number of rotatable bonds is 8. The average Bonchev–Trinajstić information content (AvgIpc) is 3.31. The summed E-state index contributed by atoms with van der Waals surface area (Å²) >= 11 is 0. The van der Waals surface area contributed by atoms with Gasteiger partial charge < -0.3 is 15.2 Å². The van der Waals surface area contributed by atoms with Gasteiger partial charge >= 0.3 is 6.61 Å². The minimum Gasteiger partial charge on any atom is -0.434 e. The van der Waals surface area contributed by atoms with Crippen molar-refractivity contribution >= 4 is 11.5 Å². The predicted molar refractivity (Wildman–Crippen MR) is 83.1 cm³/mol. The number of ether oxygens (including phenoxy) is 1.